The van der Waals surface area contributed by atoms with Gasteiger partial charge in [-0.2, -0.15) is 0 Å². The highest BCUT2D eigenvalue weighted by atomic mass is 35.5. The molecule has 2 saturated heterocycles. The molecule has 7 rings (SSSR count). The zero-order valence-corrected chi connectivity index (χ0v) is 25.7. The van der Waals surface area contributed by atoms with Crippen molar-refractivity contribution in [2.45, 2.75) is 31.5 Å². The monoisotopic (exact) mass is 661 g/mol. The molecule has 4 heterocycles. The predicted octanol–water partition coefficient (Wildman–Crippen LogP) is 6.32. The van der Waals surface area contributed by atoms with Gasteiger partial charge in [0.15, 0.2) is 12.6 Å². The molecule has 0 aliphatic carbocycles. The molecular weight excluding hydrogens is 636 g/mol. The van der Waals surface area contributed by atoms with Gasteiger partial charge >= 0.3 is 5.97 Å². The summed E-state index contributed by atoms with van der Waals surface area (Å²) in [6.45, 7) is 0.927. The van der Waals surface area contributed by atoms with Crippen molar-refractivity contribution in [3.05, 3.63) is 86.7 Å². The van der Waals surface area contributed by atoms with Crippen LogP contribution in [0.25, 0.3) is 16.7 Å². The molecule has 2 atom stereocenters. The van der Waals surface area contributed by atoms with E-state index in [-0.39, 0.29) is 63.6 Å². The zero-order valence-electron chi connectivity index (χ0n) is 24.1. The van der Waals surface area contributed by atoms with Crippen LogP contribution in [0.4, 0.5) is 10.1 Å². The van der Waals surface area contributed by atoms with Gasteiger partial charge in [-0.15, -0.1) is 0 Å². The fraction of sp³-hybridized carbons (Fsp3) is 0.242. The van der Waals surface area contributed by atoms with Crippen LogP contribution >= 0.6 is 23.2 Å². The van der Waals surface area contributed by atoms with Gasteiger partial charge in [0.05, 0.1) is 64.4 Å². The number of ether oxygens (including phenoxy) is 2. The topological polar surface area (TPSA) is 139 Å². The molecule has 3 aromatic rings. The first-order valence-electron chi connectivity index (χ1n) is 14.5. The molecule has 10 nitrogen and oxygen atoms in total. The van der Waals surface area contributed by atoms with E-state index in [1.165, 1.54) is 17.2 Å². The summed E-state index contributed by atoms with van der Waals surface area (Å²) in [4.78, 5) is 33.2. The van der Waals surface area contributed by atoms with E-state index in [2.05, 4.69) is 9.89 Å². The number of aliphatic imine (C=N–C) groups is 1. The van der Waals surface area contributed by atoms with Gasteiger partial charge in [-0.1, -0.05) is 41.4 Å². The second kappa shape index (κ2) is 11.7. The van der Waals surface area contributed by atoms with E-state index in [0.717, 1.165) is 18.9 Å². The number of nitrogens with zero attached hydrogens (tertiary/aromatic N) is 3. The number of anilines is 1. The van der Waals surface area contributed by atoms with Crippen LogP contribution in [0.5, 0.6) is 5.75 Å². The first-order chi connectivity index (χ1) is 22.1. The van der Waals surface area contributed by atoms with Crippen molar-refractivity contribution in [2.75, 3.05) is 24.8 Å². The number of halogens is 3. The molecule has 46 heavy (non-hydrogen) atoms. The van der Waals surface area contributed by atoms with Crippen molar-refractivity contribution < 1.29 is 28.6 Å². The van der Waals surface area contributed by atoms with Crippen LogP contribution in [0.3, 0.4) is 0 Å². The van der Waals surface area contributed by atoms with Crippen LogP contribution in [0.2, 0.25) is 10.0 Å². The molecule has 3 N–H and O–H groups in total. The van der Waals surface area contributed by atoms with Gasteiger partial charge in [0.2, 0.25) is 0 Å². The van der Waals surface area contributed by atoms with Crippen molar-refractivity contribution >= 4 is 64.1 Å². The normalized spacial score (nSPS) is 20.4. The highest BCUT2D eigenvalue weighted by Gasteiger charge is 2.40. The third kappa shape index (κ3) is 5.14. The lowest BCUT2D eigenvalue weighted by atomic mass is 9.96. The lowest BCUT2D eigenvalue weighted by Crippen LogP contribution is -2.46. The number of dihydropyridines is 1. The summed E-state index contributed by atoms with van der Waals surface area (Å²) in [5.41, 5.74) is 2.70. The summed E-state index contributed by atoms with van der Waals surface area (Å²) < 4.78 is 27.4. The molecule has 3 aromatic carbocycles. The molecule has 4 aliphatic rings. The number of amides is 1. The van der Waals surface area contributed by atoms with Gasteiger partial charge in [-0.25, -0.2) is 14.2 Å². The van der Waals surface area contributed by atoms with Crippen molar-refractivity contribution in [1.82, 2.24) is 4.90 Å². The first kappa shape index (κ1) is 30.1. The Morgan fingerprint density at radius 2 is 1.74 bits per heavy atom. The van der Waals surface area contributed by atoms with Crippen LogP contribution in [0.15, 0.2) is 53.5 Å². The number of fused-ring (bicyclic) bond motifs is 3. The third-order valence-electron chi connectivity index (χ3n) is 8.71. The Balaban J connectivity index is 1.19. The number of hydrogen-bond donors (Lipinski definition) is 3. The number of carbonyl (C=O) groups is 2. The van der Waals surface area contributed by atoms with Crippen molar-refractivity contribution in [2.24, 2.45) is 4.99 Å². The maximum atomic E-state index is 15.7. The number of carbonyl (C=O) groups excluding carboxylic acids is 1. The highest BCUT2D eigenvalue weighted by Crippen LogP contribution is 2.43. The Labute approximate surface area is 272 Å². The Morgan fingerprint density at radius 1 is 1.02 bits per heavy atom. The SMILES string of the molecule is N=C1C=C(c2cc(Cl)c(C(=O)N3COc4c(cccc4-c4cc(N5C6CCC5COC6)c(C(=O)O)cc4F)C3)c(Cl)c2)C=NC1=N. The average molecular weight is 663 g/mol. The molecule has 2 bridgehead atoms. The molecule has 0 aromatic heterocycles. The quantitative estimate of drug-likeness (QED) is 0.292. The fourth-order valence-electron chi connectivity index (χ4n) is 6.52. The van der Waals surface area contributed by atoms with Crippen LogP contribution in [0.1, 0.15) is 44.7 Å². The van der Waals surface area contributed by atoms with E-state index in [1.54, 1.807) is 36.4 Å². The lowest BCUT2D eigenvalue weighted by Gasteiger charge is -2.37. The summed E-state index contributed by atoms with van der Waals surface area (Å²) in [5, 5.41) is 25.6. The number of nitrogens with one attached hydrogen (secondary N) is 2. The Morgan fingerprint density at radius 3 is 2.41 bits per heavy atom. The molecule has 2 unspecified atom stereocenters. The smallest absolute Gasteiger partial charge is 0.337 e. The minimum absolute atomic E-state index is 0.0129. The Hall–Kier alpha value is -4.58. The third-order valence-corrected chi connectivity index (χ3v) is 9.31. The summed E-state index contributed by atoms with van der Waals surface area (Å²) >= 11 is 13.1. The van der Waals surface area contributed by atoms with Gasteiger partial charge in [0, 0.05) is 28.5 Å². The molecular formula is C33H26Cl2FN5O5. The number of amidine groups is 1. The maximum Gasteiger partial charge on any atom is 0.337 e. The predicted molar refractivity (Wildman–Crippen MR) is 173 cm³/mol. The van der Waals surface area contributed by atoms with Gasteiger partial charge in [-0.3, -0.25) is 15.6 Å². The molecule has 0 radical (unpaired) electrons. The number of aromatic carboxylic acids is 1. The number of morpholine rings is 1. The van der Waals surface area contributed by atoms with Crippen molar-refractivity contribution in [3.8, 4) is 16.9 Å². The maximum absolute atomic E-state index is 15.7. The highest BCUT2D eigenvalue weighted by molar-refractivity contribution is 6.50. The van der Waals surface area contributed by atoms with Crippen LogP contribution in [-0.4, -0.2) is 71.7 Å². The van der Waals surface area contributed by atoms with Crippen molar-refractivity contribution in [1.29, 1.82) is 10.8 Å². The van der Waals surface area contributed by atoms with E-state index in [0.29, 0.717) is 46.9 Å². The summed E-state index contributed by atoms with van der Waals surface area (Å²) in [6, 6.07) is 11.0. The number of rotatable bonds is 5. The Bertz CT molecular complexity index is 1890. The first-order valence-corrected chi connectivity index (χ1v) is 15.3. The molecule has 1 amide bonds. The van der Waals surface area contributed by atoms with Gasteiger partial charge in [-0.05, 0) is 48.7 Å². The summed E-state index contributed by atoms with van der Waals surface area (Å²) in [5.74, 6) is -2.14. The standard InChI is InChI=1S/C33H26Cl2FN5O5/c34-24-6-17(18-8-27(37)31(38)39-11-18)7-25(35)29(24)32(42)40-12-16-2-1-3-21(30(16)46-15-40)22-10-28(23(33(43)44)9-26(22)36)41-19-4-5-20(41)14-45-13-19/h1-3,6-11,19-20,37-38H,4-5,12-15H2,(H,43,44). The largest absolute Gasteiger partial charge is 0.478 e. The number of carboxylic acids is 1. The fourth-order valence-corrected chi connectivity index (χ4v) is 7.16. The van der Waals surface area contributed by atoms with E-state index in [4.69, 9.17) is 43.5 Å². The van der Waals surface area contributed by atoms with Crippen LogP contribution in [-0.2, 0) is 11.3 Å². The number of para-hydroxylation sites is 1. The zero-order chi connectivity index (χ0) is 32.3. The number of hydrogen-bond acceptors (Lipinski definition) is 7. The van der Waals surface area contributed by atoms with Gasteiger partial charge in [0.1, 0.15) is 11.6 Å². The summed E-state index contributed by atoms with van der Waals surface area (Å²) in [6.07, 6.45) is 4.63. The van der Waals surface area contributed by atoms with Crippen molar-refractivity contribution in [3.63, 3.8) is 0 Å². The molecule has 0 spiro atoms. The molecule has 2 fully saturated rings. The summed E-state index contributed by atoms with van der Waals surface area (Å²) in [7, 11) is 0. The number of allylic oxidation sites excluding steroid dienone is 1. The van der Waals surface area contributed by atoms with Crippen LogP contribution in [0, 0.1) is 16.6 Å². The molecule has 234 valence electrons. The number of benzene rings is 3. The molecule has 13 heteroatoms. The average Bonchev–Trinajstić information content (AvgIpc) is 3.28. The second-order valence-electron chi connectivity index (χ2n) is 11.5. The van der Waals surface area contributed by atoms with Gasteiger partial charge < -0.3 is 24.4 Å². The van der Waals surface area contributed by atoms with Crippen LogP contribution < -0.4 is 9.64 Å². The molecule has 4 aliphatic heterocycles. The minimum atomic E-state index is -1.21. The van der Waals surface area contributed by atoms with E-state index in [1.807, 2.05) is 0 Å². The van der Waals surface area contributed by atoms with E-state index < -0.39 is 17.7 Å². The second-order valence-corrected chi connectivity index (χ2v) is 12.3. The van der Waals surface area contributed by atoms with Gasteiger partial charge in [0.25, 0.3) is 5.91 Å². The van der Waals surface area contributed by atoms with E-state index >= 15 is 4.39 Å². The minimum Gasteiger partial charge on any atom is -0.478 e. The van der Waals surface area contributed by atoms with E-state index in [9.17, 15) is 14.7 Å². The molecule has 0 saturated carbocycles. The Kier molecular flexibility index (Phi) is 7.62. The lowest BCUT2D eigenvalue weighted by molar-refractivity contribution is 0.0516. The number of carboxylic acid groups (broad SMARTS) is 1.